The number of aromatic nitrogens is 4. The first-order chi connectivity index (χ1) is 13.0. The maximum atomic E-state index is 13.3. The number of nitrogens with one attached hydrogen (secondary N) is 1. The van der Waals surface area contributed by atoms with Gasteiger partial charge in [-0.15, -0.1) is 0 Å². The second-order valence-electron chi connectivity index (χ2n) is 6.32. The van der Waals surface area contributed by atoms with Crippen molar-refractivity contribution in [1.82, 2.24) is 19.5 Å². The highest BCUT2D eigenvalue weighted by Crippen LogP contribution is 2.22. The van der Waals surface area contributed by atoms with Gasteiger partial charge in [-0.1, -0.05) is 23.7 Å². The Morgan fingerprint density at radius 3 is 2.63 bits per heavy atom. The van der Waals surface area contributed by atoms with Crippen LogP contribution >= 0.6 is 11.6 Å². The zero-order valence-corrected chi connectivity index (χ0v) is 15.3. The Labute approximate surface area is 159 Å². The van der Waals surface area contributed by atoms with E-state index in [0.717, 1.165) is 11.1 Å². The first-order valence-corrected chi connectivity index (χ1v) is 8.85. The molecule has 4 aromatic rings. The molecule has 2 aromatic carbocycles. The number of hydrogen-bond donors (Lipinski definition) is 1. The highest BCUT2D eigenvalue weighted by atomic mass is 35.5. The molecule has 2 aromatic heterocycles. The summed E-state index contributed by atoms with van der Waals surface area (Å²) in [5.41, 5.74) is 2.21. The van der Waals surface area contributed by atoms with Crippen LogP contribution in [0, 0.1) is 5.82 Å². The number of fused-ring (bicyclic) bond motifs is 1. The summed E-state index contributed by atoms with van der Waals surface area (Å²) in [6.07, 6.45) is 1.07. The molecule has 2 heterocycles. The summed E-state index contributed by atoms with van der Waals surface area (Å²) in [7, 11) is 1.82. The van der Waals surface area contributed by atoms with Crippen LogP contribution in [0.3, 0.4) is 0 Å². The normalized spacial score (nSPS) is 11.2. The van der Waals surface area contributed by atoms with Crippen molar-refractivity contribution >= 4 is 22.8 Å². The van der Waals surface area contributed by atoms with Gasteiger partial charge in [-0.2, -0.15) is 0 Å². The van der Waals surface area contributed by atoms with E-state index in [1.165, 1.54) is 12.1 Å². The van der Waals surface area contributed by atoms with Crippen LogP contribution in [0.2, 0.25) is 5.02 Å². The van der Waals surface area contributed by atoms with Crippen molar-refractivity contribution < 1.29 is 4.39 Å². The topological polar surface area (TPSA) is 63.6 Å². The van der Waals surface area contributed by atoms with E-state index in [9.17, 15) is 9.18 Å². The lowest BCUT2D eigenvalue weighted by Gasteiger charge is -2.04. The van der Waals surface area contributed by atoms with Crippen LogP contribution in [-0.4, -0.2) is 19.5 Å². The summed E-state index contributed by atoms with van der Waals surface area (Å²) < 4.78 is 15.1. The summed E-state index contributed by atoms with van der Waals surface area (Å²) in [6.45, 7) is 0. The van der Waals surface area contributed by atoms with E-state index in [4.69, 9.17) is 11.6 Å². The Bertz CT molecular complexity index is 1180. The minimum absolute atomic E-state index is 0.274. The van der Waals surface area contributed by atoms with E-state index in [0.29, 0.717) is 35.2 Å². The van der Waals surface area contributed by atoms with Crippen LogP contribution in [0.4, 0.5) is 4.39 Å². The van der Waals surface area contributed by atoms with Crippen molar-refractivity contribution in [2.75, 3.05) is 0 Å². The highest BCUT2D eigenvalue weighted by molar-refractivity contribution is 6.30. The summed E-state index contributed by atoms with van der Waals surface area (Å²) in [5, 5.41) is 0.633. The Kier molecular flexibility index (Phi) is 4.49. The Hall–Kier alpha value is -2.99. The van der Waals surface area contributed by atoms with Crippen molar-refractivity contribution in [3.05, 3.63) is 81.1 Å². The van der Waals surface area contributed by atoms with Gasteiger partial charge in [0, 0.05) is 24.1 Å². The molecule has 7 heteroatoms. The molecule has 1 N–H and O–H groups in total. The molecule has 0 aliphatic rings. The van der Waals surface area contributed by atoms with Crippen molar-refractivity contribution in [2.24, 2.45) is 7.05 Å². The molecule has 0 fully saturated rings. The zero-order valence-electron chi connectivity index (χ0n) is 14.5. The molecule has 0 unspecified atom stereocenters. The maximum absolute atomic E-state index is 13.3. The molecule has 0 amide bonds. The monoisotopic (exact) mass is 382 g/mol. The second kappa shape index (κ2) is 6.96. The fourth-order valence-corrected chi connectivity index (χ4v) is 3.17. The molecule has 0 saturated carbocycles. The maximum Gasteiger partial charge on any atom is 0.279 e. The van der Waals surface area contributed by atoms with Crippen LogP contribution in [0.15, 0.2) is 53.3 Å². The predicted molar refractivity (Wildman–Crippen MR) is 103 cm³/mol. The molecule has 27 heavy (non-hydrogen) atoms. The average Bonchev–Trinajstić information content (AvgIpc) is 2.98. The number of imidazole rings is 1. The quantitative estimate of drug-likeness (QED) is 0.582. The number of aromatic amines is 1. The standard InChI is InChI=1S/C20H16ClFN4O/c1-26-18(13-6-8-14(21)9-7-13)25-17-19(26)23-16(24-20(17)27)10-5-12-3-2-4-15(22)11-12/h2-4,6-9,11H,5,10H2,1H3,(H,23,24,27). The molecule has 0 aliphatic carbocycles. The summed E-state index contributed by atoms with van der Waals surface area (Å²) >= 11 is 5.94. The third-order valence-corrected chi connectivity index (χ3v) is 4.67. The van der Waals surface area contributed by atoms with Crippen LogP contribution in [0.1, 0.15) is 11.4 Å². The number of rotatable bonds is 4. The van der Waals surface area contributed by atoms with Crippen LogP contribution in [-0.2, 0) is 19.9 Å². The third-order valence-electron chi connectivity index (χ3n) is 4.42. The lowest BCUT2D eigenvalue weighted by molar-refractivity contribution is 0.625. The van der Waals surface area contributed by atoms with E-state index in [2.05, 4.69) is 15.0 Å². The van der Waals surface area contributed by atoms with Gasteiger partial charge in [-0.05, 0) is 48.4 Å². The highest BCUT2D eigenvalue weighted by Gasteiger charge is 2.15. The number of benzene rings is 2. The first-order valence-electron chi connectivity index (χ1n) is 8.47. The van der Waals surface area contributed by atoms with Gasteiger partial charge in [0.15, 0.2) is 11.2 Å². The molecule has 0 atom stereocenters. The largest absolute Gasteiger partial charge is 0.312 e. The van der Waals surface area contributed by atoms with Gasteiger partial charge in [0.1, 0.15) is 17.5 Å². The van der Waals surface area contributed by atoms with Gasteiger partial charge in [0.25, 0.3) is 5.56 Å². The lowest BCUT2D eigenvalue weighted by Crippen LogP contribution is -2.13. The van der Waals surface area contributed by atoms with E-state index in [-0.39, 0.29) is 16.9 Å². The third kappa shape index (κ3) is 3.48. The summed E-state index contributed by atoms with van der Waals surface area (Å²) in [5.74, 6) is 0.910. The average molecular weight is 383 g/mol. The molecular weight excluding hydrogens is 367 g/mol. The van der Waals surface area contributed by atoms with Gasteiger partial charge in [-0.25, -0.2) is 14.4 Å². The number of H-pyrrole nitrogens is 1. The lowest BCUT2D eigenvalue weighted by atomic mass is 10.1. The fraction of sp³-hybridized carbons (Fsp3) is 0.150. The van der Waals surface area contributed by atoms with Crippen molar-refractivity contribution in [3.63, 3.8) is 0 Å². The minimum atomic E-state index is -0.287. The Morgan fingerprint density at radius 1 is 1.11 bits per heavy atom. The van der Waals surface area contributed by atoms with Gasteiger partial charge in [0.05, 0.1) is 0 Å². The van der Waals surface area contributed by atoms with Crippen molar-refractivity contribution in [1.29, 1.82) is 0 Å². The van der Waals surface area contributed by atoms with Gasteiger partial charge in [-0.3, -0.25) is 4.79 Å². The molecule has 4 rings (SSSR count). The molecule has 0 radical (unpaired) electrons. The molecule has 136 valence electrons. The molecular formula is C20H16ClFN4O. The van der Waals surface area contributed by atoms with E-state index in [1.807, 2.05) is 25.2 Å². The number of halogens is 2. The fourth-order valence-electron chi connectivity index (χ4n) is 3.05. The number of hydrogen-bond acceptors (Lipinski definition) is 3. The van der Waals surface area contributed by atoms with E-state index < -0.39 is 0 Å². The molecule has 5 nitrogen and oxygen atoms in total. The number of aryl methyl sites for hydroxylation is 3. The van der Waals surface area contributed by atoms with Crippen molar-refractivity contribution in [3.8, 4) is 11.4 Å². The van der Waals surface area contributed by atoms with E-state index >= 15 is 0 Å². The smallest absolute Gasteiger partial charge is 0.279 e. The van der Waals surface area contributed by atoms with Crippen molar-refractivity contribution in [2.45, 2.75) is 12.8 Å². The molecule has 0 bridgehead atoms. The van der Waals surface area contributed by atoms with Gasteiger partial charge in [0.2, 0.25) is 0 Å². The molecule has 0 aliphatic heterocycles. The summed E-state index contributed by atoms with van der Waals surface area (Å²) in [6, 6.07) is 13.7. The molecule has 0 spiro atoms. The molecule has 0 saturated heterocycles. The van der Waals surface area contributed by atoms with Gasteiger partial charge >= 0.3 is 0 Å². The van der Waals surface area contributed by atoms with Crippen LogP contribution in [0.5, 0.6) is 0 Å². The van der Waals surface area contributed by atoms with Crippen LogP contribution < -0.4 is 5.56 Å². The first kappa shape index (κ1) is 17.4. The predicted octanol–water partition coefficient (Wildman–Crippen LogP) is 3.90. The number of nitrogens with zero attached hydrogens (tertiary/aromatic N) is 3. The minimum Gasteiger partial charge on any atom is -0.312 e. The zero-order chi connectivity index (χ0) is 19.0. The Morgan fingerprint density at radius 2 is 1.89 bits per heavy atom. The Balaban J connectivity index is 1.69. The van der Waals surface area contributed by atoms with Gasteiger partial charge < -0.3 is 9.55 Å². The van der Waals surface area contributed by atoms with Crippen LogP contribution in [0.25, 0.3) is 22.6 Å². The van der Waals surface area contributed by atoms with E-state index in [1.54, 1.807) is 22.8 Å². The SMILES string of the molecule is Cn1c(-c2ccc(Cl)cc2)nc2c(=O)[nH]c(CCc3cccc(F)c3)nc21. The second-order valence-corrected chi connectivity index (χ2v) is 6.75. The summed E-state index contributed by atoms with van der Waals surface area (Å²) in [4.78, 5) is 24.3.